The van der Waals surface area contributed by atoms with E-state index < -0.39 is 5.76 Å². The van der Waals surface area contributed by atoms with Gasteiger partial charge in [0.05, 0.1) is 11.4 Å². The summed E-state index contributed by atoms with van der Waals surface area (Å²) in [6.07, 6.45) is 6.48. The van der Waals surface area contributed by atoms with Crippen LogP contribution in [0.1, 0.15) is 18.5 Å². The van der Waals surface area contributed by atoms with E-state index in [-0.39, 0.29) is 5.91 Å². The van der Waals surface area contributed by atoms with Crippen molar-refractivity contribution in [2.75, 3.05) is 31.5 Å². The van der Waals surface area contributed by atoms with Gasteiger partial charge in [0.15, 0.2) is 4.96 Å². The summed E-state index contributed by atoms with van der Waals surface area (Å²) < 4.78 is 27.6. The molecule has 0 radical (unpaired) electrons. The number of hydrogen-bond acceptors (Lipinski definition) is 6. The van der Waals surface area contributed by atoms with Crippen LogP contribution in [0.5, 0.6) is 0 Å². The van der Waals surface area contributed by atoms with Crippen LogP contribution in [0.2, 0.25) is 0 Å². The molecule has 0 bridgehead atoms. The highest BCUT2D eigenvalue weighted by Gasteiger charge is 2.19. The number of hydrogen-bond donors (Lipinski definition) is 2. The smallest absolute Gasteiger partial charge is 0.288 e. The minimum absolute atomic E-state index is 0.306. The summed E-state index contributed by atoms with van der Waals surface area (Å²) in [4.78, 5) is 21.6. The number of rotatable bonds is 7. The topological polar surface area (TPSA) is 61.7 Å². The predicted octanol–water partition coefficient (Wildman–Crippen LogP) is 4.97. The SMILES string of the molecule is O=C(Nc1ccccc1-c1cn2c(CN3CCNCC3)csc2n1)C1=CCCC(SC(F)F)=C1. The quantitative estimate of drug-likeness (QED) is 0.479. The lowest BCUT2D eigenvalue weighted by atomic mass is 10.1. The summed E-state index contributed by atoms with van der Waals surface area (Å²) in [6, 6.07) is 7.54. The van der Waals surface area contributed by atoms with E-state index in [0.717, 1.165) is 48.9 Å². The molecular weight excluding hydrogens is 476 g/mol. The Balaban J connectivity index is 1.36. The normalized spacial score (nSPS) is 17.1. The standard InChI is InChI=1S/C24H25F2N5OS2/c25-23(26)34-18-5-3-4-16(12-18)22(32)28-20-7-2-1-6-19(20)21-14-31-17(15-33-24(31)29-21)13-30-10-8-27-9-11-30/h1-2,4,6-7,12,14-15,23,27H,3,5,8-11,13H2,(H,28,32). The van der Waals surface area contributed by atoms with Gasteiger partial charge in [-0.3, -0.25) is 14.1 Å². The molecule has 0 unspecified atom stereocenters. The summed E-state index contributed by atoms with van der Waals surface area (Å²) in [5.74, 6) is -2.79. The van der Waals surface area contributed by atoms with E-state index in [9.17, 15) is 13.6 Å². The maximum absolute atomic E-state index is 12.9. The molecule has 6 nitrogen and oxygen atoms in total. The molecule has 1 fully saturated rings. The number of thiazole rings is 1. The second-order valence-corrected chi connectivity index (χ2v) is 10.2. The van der Waals surface area contributed by atoms with Gasteiger partial charge in [-0.05, 0) is 29.9 Å². The number of allylic oxidation sites excluding steroid dienone is 2. The summed E-state index contributed by atoms with van der Waals surface area (Å²) in [6.45, 7) is 4.92. The number of aromatic nitrogens is 2. The molecule has 0 spiro atoms. The number of amides is 1. The maximum Gasteiger partial charge on any atom is 0.288 e. The molecule has 34 heavy (non-hydrogen) atoms. The zero-order chi connectivity index (χ0) is 23.5. The molecule has 0 saturated carbocycles. The first-order valence-corrected chi connectivity index (χ1v) is 13.0. The van der Waals surface area contributed by atoms with E-state index in [2.05, 4.69) is 25.3 Å². The molecule has 3 heterocycles. The van der Waals surface area contributed by atoms with E-state index in [0.29, 0.717) is 40.8 Å². The molecule has 1 saturated heterocycles. The first kappa shape index (κ1) is 23.2. The molecule has 10 heteroatoms. The van der Waals surface area contributed by atoms with E-state index in [1.165, 1.54) is 5.69 Å². The van der Waals surface area contributed by atoms with Crippen LogP contribution < -0.4 is 10.6 Å². The number of nitrogens with zero attached hydrogens (tertiary/aromatic N) is 3. The van der Waals surface area contributed by atoms with Crippen molar-refractivity contribution in [1.82, 2.24) is 19.6 Å². The molecule has 0 atom stereocenters. The Morgan fingerprint density at radius 2 is 2.09 bits per heavy atom. The monoisotopic (exact) mass is 501 g/mol. The number of thioether (sulfide) groups is 1. The number of nitrogens with one attached hydrogen (secondary N) is 2. The average molecular weight is 502 g/mol. The third-order valence-corrected chi connectivity index (χ3v) is 7.60. The number of carbonyl (C=O) groups is 1. The number of fused-ring (bicyclic) bond motifs is 1. The first-order chi connectivity index (χ1) is 16.6. The largest absolute Gasteiger partial charge is 0.321 e. The molecule has 2 aromatic heterocycles. The molecular formula is C24H25F2N5OS2. The number of halogens is 2. The van der Waals surface area contributed by atoms with Crippen LogP contribution in [0.3, 0.4) is 0 Å². The lowest BCUT2D eigenvalue weighted by Gasteiger charge is -2.26. The van der Waals surface area contributed by atoms with Gasteiger partial charge in [-0.2, -0.15) is 8.78 Å². The third kappa shape index (κ3) is 5.25. The van der Waals surface area contributed by atoms with Crippen molar-refractivity contribution in [3.8, 4) is 11.3 Å². The van der Waals surface area contributed by atoms with Crippen molar-refractivity contribution in [1.29, 1.82) is 0 Å². The van der Waals surface area contributed by atoms with Crippen LogP contribution in [0, 0.1) is 0 Å². The molecule has 5 rings (SSSR count). The lowest BCUT2D eigenvalue weighted by Crippen LogP contribution is -2.43. The van der Waals surface area contributed by atoms with Crippen LogP contribution in [-0.2, 0) is 11.3 Å². The molecule has 1 amide bonds. The van der Waals surface area contributed by atoms with Crippen LogP contribution in [0.25, 0.3) is 16.2 Å². The minimum Gasteiger partial charge on any atom is -0.321 e. The zero-order valence-corrected chi connectivity index (χ0v) is 20.1. The molecule has 2 aliphatic rings. The van der Waals surface area contributed by atoms with Crippen LogP contribution >= 0.6 is 23.1 Å². The molecule has 1 aromatic carbocycles. The van der Waals surface area contributed by atoms with Gasteiger partial charge in [-0.1, -0.05) is 36.0 Å². The minimum atomic E-state index is -2.49. The number of anilines is 1. The number of para-hydroxylation sites is 1. The number of piperazine rings is 1. The van der Waals surface area contributed by atoms with Gasteiger partial charge >= 0.3 is 0 Å². The fourth-order valence-corrected chi connectivity index (χ4v) is 5.74. The Hall–Kier alpha value is -2.53. The van der Waals surface area contributed by atoms with Crippen molar-refractivity contribution in [2.24, 2.45) is 0 Å². The highest BCUT2D eigenvalue weighted by atomic mass is 32.2. The predicted molar refractivity (Wildman–Crippen MR) is 134 cm³/mol. The van der Waals surface area contributed by atoms with E-state index in [1.54, 1.807) is 23.5 Å². The van der Waals surface area contributed by atoms with Gasteiger partial charge in [0, 0.05) is 61.1 Å². The van der Waals surface area contributed by atoms with Gasteiger partial charge in [-0.25, -0.2) is 4.98 Å². The second-order valence-electron chi connectivity index (χ2n) is 8.22. The van der Waals surface area contributed by atoms with Crippen molar-refractivity contribution >= 4 is 39.7 Å². The van der Waals surface area contributed by atoms with E-state index >= 15 is 0 Å². The Labute approximate surface area is 204 Å². The third-order valence-electron chi connectivity index (χ3n) is 5.90. The van der Waals surface area contributed by atoms with Gasteiger partial charge in [0.2, 0.25) is 0 Å². The fraction of sp³-hybridized carbons (Fsp3) is 0.333. The number of carbonyl (C=O) groups excluding carboxylic acids is 1. The fourth-order valence-electron chi connectivity index (χ4n) is 4.22. The molecule has 3 aromatic rings. The van der Waals surface area contributed by atoms with Gasteiger partial charge < -0.3 is 10.6 Å². The van der Waals surface area contributed by atoms with Gasteiger partial charge in [0.1, 0.15) is 0 Å². The van der Waals surface area contributed by atoms with Crippen LogP contribution in [0.15, 0.2) is 58.5 Å². The Morgan fingerprint density at radius 1 is 1.26 bits per heavy atom. The Kier molecular flexibility index (Phi) is 7.10. The van der Waals surface area contributed by atoms with Crippen LogP contribution in [0.4, 0.5) is 14.5 Å². The summed E-state index contributed by atoms with van der Waals surface area (Å²) in [7, 11) is 0. The Bertz CT molecular complexity index is 1240. The summed E-state index contributed by atoms with van der Waals surface area (Å²) in [5, 5.41) is 8.49. The molecule has 1 aliphatic carbocycles. The van der Waals surface area contributed by atoms with Crippen molar-refractivity contribution in [2.45, 2.75) is 25.1 Å². The highest BCUT2D eigenvalue weighted by molar-refractivity contribution is 8.03. The molecule has 1 aliphatic heterocycles. The van der Waals surface area contributed by atoms with Gasteiger partial charge in [-0.15, -0.1) is 11.3 Å². The molecule has 2 N–H and O–H groups in total. The Morgan fingerprint density at radius 3 is 2.91 bits per heavy atom. The van der Waals surface area contributed by atoms with Crippen molar-refractivity contribution in [3.63, 3.8) is 0 Å². The lowest BCUT2D eigenvalue weighted by molar-refractivity contribution is -0.112. The van der Waals surface area contributed by atoms with Crippen molar-refractivity contribution in [3.05, 3.63) is 64.2 Å². The van der Waals surface area contributed by atoms with Gasteiger partial charge in [0.25, 0.3) is 11.7 Å². The first-order valence-electron chi connectivity index (χ1n) is 11.2. The van der Waals surface area contributed by atoms with E-state index in [4.69, 9.17) is 4.98 Å². The number of alkyl halides is 2. The maximum atomic E-state index is 12.9. The van der Waals surface area contributed by atoms with Crippen molar-refractivity contribution < 1.29 is 13.6 Å². The zero-order valence-electron chi connectivity index (χ0n) is 18.5. The van der Waals surface area contributed by atoms with E-state index in [1.807, 2.05) is 30.5 Å². The average Bonchev–Trinajstić information content (AvgIpc) is 3.42. The second kappa shape index (κ2) is 10.4. The summed E-state index contributed by atoms with van der Waals surface area (Å²) >= 11 is 2.12. The summed E-state index contributed by atoms with van der Waals surface area (Å²) in [5.41, 5.74) is 3.86. The highest BCUT2D eigenvalue weighted by Crippen LogP contribution is 2.33. The number of imidazole rings is 1. The number of benzene rings is 1. The molecule has 178 valence electrons. The van der Waals surface area contributed by atoms with Crippen LogP contribution in [-0.4, -0.2) is 52.1 Å².